The molecule has 1 rings (SSSR count). The molecule has 0 radical (unpaired) electrons. The summed E-state index contributed by atoms with van der Waals surface area (Å²) in [6, 6.07) is 8.76. The van der Waals surface area contributed by atoms with Gasteiger partial charge in [0.05, 0.1) is 0 Å². The molecule has 0 aromatic heterocycles. The van der Waals surface area contributed by atoms with E-state index < -0.39 is 0 Å². The minimum Gasteiger partial charge on any atom is -0.162 e. The summed E-state index contributed by atoms with van der Waals surface area (Å²) in [7, 11) is 0. The number of halogens is 1. The Labute approximate surface area is 112 Å². The summed E-state index contributed by atoms with van der Waals surface area (Å²) < 4.78 is 0. The van der Waals surface area contributed by atoms with Gasteiger partial charge in [0.2, 0.25) is 0 Å². The Morgan fingerprint density at radius 1 is 1.31 bits per heavy atom. The van der Waals surface area contributed by atoms with Crippen LogP contribution in [0.25, 0.3) is 0 Å². The van der Waals surface area contributed by atoms with Crippen LogP contribution in [0.1, 0.15) is 36.8 Å². The van der Waals surface area contributed by atoms with Gasteiger partial charge in [-0.2, -0.15) is 11.8 Å². The quantitative estimate of drug-likeness (QED) is 0.504. The highest BCUT2D eigenvalue weighted by Gasteiger charge is 2.11. The molecule has 0 aliphatic rings. The molecule has 0 nitrogen and oxygen atoms in total. The molecule has 16 heavy (non-hydrogen) atoms. The van der Waals surface area contributed by atoms with Crippen molar-refractivity contribution in [2.75, 3.05) is 16.8 Å². The van der Waals surface area contributed by atoms with Gasteiger partial charge in [0.25, 0.3) is 0 Å². The highest BCUT2D eigenvalue weighted by molar-refractivity contribution is 9.09. The Bertz CT molecular complexity index is 299. The van der Waals surface area contributed by atoms with Crippen molar-refractivity contribution in [2.45, 2.75) is 32.6 Å². The van der Waals surface area contributed by atoms with Crippen molar-refractivity contribution in [3.05, 3.63) is 35.4 Å². The van der Waals surface area contributed by atoms with Crippen molar-refractivity contribution in [3.63, 3.8) is 0 Å². The first-order valence-corrected chi connectivity index (χ1v) is 8.26. The molecule has 0 aliphatic carbocycles. The molecule has 0 fully saturated rings. The van der Waals surface area contributed by atoms with Crippen LogP contribution in [-0.4, -0.2) is 16.8 Å². The van der Waals surface area contributed by atoms with E-state index in [0.717, 1.165) is 5.33 Å². The summed E-state index contributed by atoms with van der Waals surface area (Å²) in [6.07, 6.45) is 2.62. The van der Waals surface area contributed by atoms with Gasteiger partial charge < -0.3 is 0 Å². The molecule has 0 amide bonds. The van der Waals surface area contributed by atoms with Crippen LogP contribution in [0, 0.1) is 6.92 Å². The Kier molecular flexibility index (Phi) is 7.22. The molecule has 2 heteroatoms. The van der Waals surface area contributed by atoms with E-state index in [4.69, 9.17) is 0 Å². The molecule has 0 N–H and O–H groups in total. The first-order valence-electron chi connectivity index (χ1n) is 5.98. The second kappa shape index (κ2) is 8.19. The molecule has 90 valence electrons. The third-order valence-electron chi connectivity index (χ3n) is 2.86. The van der Waals surface area contributed by atoms with Crippen LogP contribution < -0.4 is 0 Å². The smallest absolute Gasteiger partial charge is 0.0100 e. The Morgan fingerprint density at radius 2 is 2.06 bits per heavy atom. The summed E-state index contributed by atoms with van der Waals surface area (Å²) in [5.41, 5.74) is 2.94. The summed E-state index contributed by atoms with van der Waals surface area (Å²) >= 11 is 5.69. The van der Waals surface area contributed by atoms with E-state index in [-0.39, 0.29) is 0 Å². The number of rotatable bonds is 7. The average Bonchev–Trinajstić information content (AvgIpc) is 2.31. The van der Waals surface area contributed by atoms with Crippen LogP contribution in [0.4, 0.5) is 0 Å². The largest absolute Gasteiger partial charge is 0.162 e. The van der Waals surface area contributed by atoms with Gasteiger partial charge in [-0.1, -0.05) is 47.1 Å². The predicted molar refractivity (Wildman–Crippen MR) is 79.9 cm³/mol. The zero-order valence-electron chi connectivity index (χ0n) is 10.2. The Morgan fingerprint density at radius 3 is 2.69 bits per heavy atom. The van der Waals surface area contributed by atoms with Crippen LogP contribution >= 0.6 is 27.7 Å². The van der Waals surface area contributed by atoms with Crippen molar-refractivity contribution < 1.29 is 0 Å². The van der Waals surface area contributed by atoms with E-state index >= 15 is 0 Å². The minimum absolute atomic E-state index is 0.679. The molecule has 1 unspecified atom stereocenters. The number of benzene rings is 1. The normalized spacial score (nSPS) is 12.7. The zero-order valence-corrected chi connectivity index (χ0v) is 12.6. The number of thioether (sulfide) groups is 1. The topological polar surface area (TPSA) is 0 Å². The lowest BCUT2D eigenvalue weighted by molar-refractivity contribution is 0.677. The molecule has 0 spiro atoms. The molecule has 0 heterocycles. The maximum absolute atomic E-state index is 3.65. The van der Waals surface area contributed by atoms with E-state index in [2.05, 4.69) is 54.0 Å². The zero-order chi connectivity index (χ0) is 11.8. The summed E-state index contributed by atoms with van der Waals surface area (Å²) in [5.74, 6) is 3.22. The lowest BCUT2D eigenvalue weighted by Crippen LogP contribution is -2.03. The summed E-state index contributed by atoms with van der Waals surface area (Å²) in [6.45, 7) is 4.44. The molecule has 0 saturated heterocycles. The molecular weight excluding hydrogens is 280 g/mol. The fraction of sp³-hybridized carbons (Fsp3) is 0.571. The monoisotopic (exact) mass is 300 g/mol. The van der Waals surface area contributed by atoms with Crippen molar-refractivity contribution in [3.8, 4) is 0 Å². The number of alkyl halides is 1. The van der Waals surface area contributed by atoms with Gasteiger partial charge in [-0.05, 0) is 48.3 Å². The van der Waals surface area contributed by atoms with Gasteiger partial charge in [-0.3, -0.25) is 0 Å². The molecular formula is C14H21BrS. The van der Waals surface area contributed by atoms with Crippen molar-refractivity contribution in [1.29, 1.82) is 0 Å². The predicted octanol–water partition coefficient (Wildman–Crippen LogP) is 5.01. The Hall–Kier alpha value is 0.0500. The van der Waals surface area contributed by atoms with Gasteiger partial charge in [-0.25, -0.2) is 0 Å². The summed E-state index contributed by atoms with van der Waals surface area (Å²) in [4.78, 5) is 0. The number of aryl methyl sites for hydroxylation is 1. The first-order chi connectivity index (χ1) is 7.79. The highest BCUT2D eigenvalue weighted by atomic mass is 79.9. The lowest BCUT2D eigenvalue weighted by atomic mass is 9.93. The molecule has 0 bridgehead atoms. The number of hydrogen-bond acceptors (Lipinski definition) is 1. The number of hydrogen-bond donors (Lipinski definition) is 0. The Balaban J connectivity index is 2.51. The molecule has 0 aliphatic heterocycles. The van der Waals surface area contributed by atoms with Crippen LogP contribution in [0.3, 0.4) is 0 Å². The minimum atomic E-state index is 0.679. The third kappa shape index (κ3) is 4.50. The average molecular weight is 301 g/mol. The van der Waals surface area contributed by atoms with Crippen molar-refractivity contribution in [2.24, 2.45) is 0 Å². The third-order valence-corrected chi connectivity index (χ3v) is 4.63. The van der Waals surface area contributed by atoms with E-state index in [0.29, 0.717) is 5.92 Å². The van der Waals surface area contributed by atoms with Crippen LogP contribution in [0.15, 0.2) is 24.3 Å². The second-order valence-electron chi connectivity index (χ2n) is 4.05. The van der Waals surface area contributed by atoms with Gasteiger partial charge in [0.1, 0.15) is 0 Å². The maximum atomic E-state index is 3.65. The SMILES string of the molecule is CCSCCCC(CBr)c1ccccc1C. The van der Waals surface area contributed by atoms with Crippen molar-refractivity contribution in [1.82, 2.24) is 0 Å². The van der Waals surface area contributed by atoms with E-state index in [1.54, 1.807) is 0 Å². The van der Waals surface area contributed by atoms with E-state index in [9.17, 15) is 0 Å². The molecule has 1 atom stereocenters. The molecule has 1 aromatic rings. The molecule has 0 saturated carbocycles. The van der Waals surface area contributed by atoms with Gasteiger partial charge in [0, 0.05) is 5.33 Å². The fourth-order valence-corrected chi connectivity index (χ4v) is 3.27. The summed E-state index contributed by atoms with van der Waals surface area (Å²) in [5, 5.41) is 1.08. The highest BCUT2D eigenvalue weighted by Crippen LogP contribution is 2.26. The molecule has 1 aromatic carbocycles. The first kappa shape index (κ1) is 14.1. The maximum Gasteiger partial charge on any atom is 0.0100 e. The van der Waals surface area contributed by atoms with Gasteiger partial charge >= 0.3 is 0 Å². The van der Waals surface area contributed by atoms with Crippen LogP contribution in [0.5, 0.6) is 0 Å². The van der Waals surface area contributed by atoms with Crippen LogP contribution in [0.2, 0.25) is 0 Å². The standard InChI is InChI=1S/C14H21BrS/c1-3-16-10-6-8-13(11-15)14-9-5-4-7-12(14)2/h4-5,7,9,13H,3,6,8,10-11H2,1-2H3. The lowest BCUT2D eigenvalue weighted by Gasteiger charge is -2.16. The van der Waals surface area contributed by atoms with E-state index in [1.165, 1.54) is 35.5 Å². The van der Waals surface area contributed by atoms with Gasteiger partial charge in [-0.15, -0.1) is 0 Å². The second-order valence-corrected chi connectivity index (χ2v) is 6.09. The van der Waals surface area contributed by atoms with Gasteiger partial charge in [0.15, 0.2) is 0 Å². The van der Waals surface area contributed by atoms with E-state index in [1.807, 2.05) is 11.8 Å². The fourth-order valence-electron chi connectivity index (χ4n) is 1.94. The van der Waals surface area contributed by atoms with Crippen molar-refractivity contribution >= 4 is 27.7 Å². The van der Waals surface area contributed by atoms with Crippen LogP contribution in [-0.2, 0) is 0 Å².